The smallest absolute Gasteiger partial charge is 0.243 e. The molecule has 0 aliphatic carbocycles. The molecule has 1 atom stereocenters. The van der Waals surface area contributed by atoms with Crippen molar-refractivity contribution in [1.82, 2.24) is 19.8 Å². The maximum absolute atomic E-state index is 12.5. The van der Waals surface area contributed by atoms with Crippen LogP contribution in [0.5, 0.6) is 0 Å². The van der Waals surface area contributed by atoms with Crippen molar-refractivity contribution in [3.63, 3.8) is 0 Å². The SMILES string of the molecule is CCc1nccn1CC(=O)N1CCCCC1C(=O)NC. The second-order valence-electron chi connectivity index (χ2n) is 5.04. The number of nitrogens with zero attached hydrogens (tertiary/aromatic N) is 3. The van der Waals surface area contributed by atoms with Crippen LogP contribution in [0.2, 0.25) is 0 Å². The highest BCUT2D eigenvalue weighted by molar-refractivity contribution is 5.87. The van der Waals surface area contributed by atoms with E-state index in [1.165, 1.54) is 0 Å². The number of likely N-dealkylation sites (tertiary alicyclic amines) is 1. The Bertz CT molecular complexity index is 483. The zero-order valence-corrected chi connectivity index (χ0v) is 12.1. The molecule has 2 rings (SSSR count). The van der Waals surface area contributed by atoms with Crippen LogP contribution < -0.4 is 5.32 Å². The quantitative estimate of drug-likeness (QED) is 0.875. The van der Waals surface area contributed by atoms with E-state index in [-0.39, 0.29) is 24.4 Å². The van der Waals surface area contributed by atoms with E-state index in [4.69, 9.17) is 0 Å². The van der Waals surface area contributed by atoms with E-state index in [0.29, 0.717) is 6.54 Å². The summed E-state index contributed by atoms with van der Waals surface area (Å²) in [6, 6.07) is -0.324. The van der Waals surface area contributed by atoms with Crippen LogP contribution in [0.3, 0.4) is 0 Å². The Morgan fingerprint density at radius 3 is 2.95 bits per heavy atom. The molecule has 6 nitrogen and oxygen atoms in total. The lowest BCUT2D eigenvalue weighted by molar-refractivity contribution is -0.142. The molecule has 0 bridgehead atoms. The maximum atomic E-state index is 12.5. The van der Waals surface area contributed by atoms with E-state index < -0.39 is 0 Å². The molecular weight excluding hydrogens is 256 g/mol. The van der Waals surface area contributed by atoms with Crippen LogP contribution in [0.4, 0.5) is 0 Å². The largest absolute Gasteiger partial charge is 0.357 e. The Balaban J connectivity index is 2.08. The summed E-state index contributed by atoms with van der Waals surface area (Å²) in [7, 11) is 1.62. The zero-order chi connectivity index (χ0) is 14.5. The topological polar surface area (TPSA) is 67.2 Å². The lowest BCUT2D eigenvalue weighted by Crippen LogP contribution is -2.52. The minimum Gasteiger partial charge on any atom is -0.357 e. The normalized spacial score (nSPS) is 18.9. The summed E-state index contributed by atoms with van der Waals surface area (Å²) in [6.45, 7) is 2.93. The fourth-order valence-electron chi connectivity index (χ4n) is 2.70. The third-order valence-electron chi connectivity index (χ3n) is 3.80. The highest BCUT2D eigenvalue weighted by Gasteiger charge is 2.31. The van der Waals surface area contributed by atoms with Crippen LogP contribution in [-0.2, 0) is 22.6 Å². The van der Waals surface area contributed by atoms with Crippen molar-refractivity contribution < 1.29 is 9.59 Å². The molecule has 2 heterocycles. The molecule has 1 fully saturated rings. The molecule has 0 aromatic carbocycles. The molecule has 1 aliphatic heterocycles. The van der Waals surface area contributed by atoms with E-state index in [1.54, 1.807) is 18.1 Å². The summed E-state index contributed by atoms with van der Waals surface area (Å²) in [5.74, 6) is 0.817. The van der Waals surface area contributed by atoms with Gasteiger partial charge >= 0.3 is 0 Å². The van der Waals surface area contributed by atoms with Gasteiger partial charge in [0.25, 0.3) is 0 Å². The molecule has 1 aromatic rings. The number of hydrogen-bond acceptors (Lipinski definition) is 3. The van der Waals surface area contributed by atoms with Crippen LogP contribution >= 0.6 is 0 Å². The molecule has 20 heavy (non-hydrogen) atoms. The molecule has 1 saturated heterocycles. The van der Waals surface area contributed by atoms with Gasteiger partial charge in [0.1, 0.15) is 18.4 Å². The summed E-state index contributed by atoms with van der Waals surface area (Å²) in [4.78, 5) is 30.3. The molecule has 2 amide bonds. The molecular formula is C14H22N4O2. The van der Waals surface area contributed by atoms with Crippen LogP contribution in [0.15, 0.2) is 12.4 Å². The van der Waals surface area contributed by atoms with Gasteiger partial charge in [-0.3, -0.25) is 9.59 Å². The number of aromatic nitrogens is 2. The van der Waals surface area contributed by atoms with Gasteiger partial charge < -0.3 is 14.8 Å². The maximum Gasteiger partial charge on any atom is 0.243 e. The number of aryl methyl sites for hydroxylation is 1. The first kappa shape index (κ1) is 14.6. The first-order valence-electron chi connectivity index (χ1n) is 7.18. The first-order valence-corrected chi connectivity index (χ1v) is 7.18. The third kappa shape index (κ3) is 3.00. The average Bonchev–Trinajstić information content (AvgIpc) is 2.93. The summed E-state index contributed by atoms with van der Waals surface area (Å²) in [6.07, 6.45) is 7.01. The number of carbonyl (C=O) groups excluding carboxylic acids is 2. The van der Waals surface area contributed by atoms with Gasteiger partial charge in [-0.2, -0.15) is 0 Å². The minimum absolute atomic E-state index is 0.00833. The number of likely N-dealkylation sites (N-methyl/N-ethyl adjacent to an activating group) is 1. The Kier molecular flexibility index (Phi) is 4.76. The van der Waals surface area contributed by atoms with Gasteiger partial charge in [0, 0.05) is 32.4 Å². The van der Waals surface area contributed by atoms with Gasteiger partial charge in [-0.05, 0) is 19.3 Å². The van der Waals surface area contributed by atoms with Gasteiger partial charge in [0.15, 0.2) is 0 Å². The minimum atomic E-state index is -0.324. The molecule has 0 saturated carbocycles. The van der Waals surface area contributed by atoms with E-state index >= 15 is 0 Å². The lowest BCUT2D eigenvalue weighted by Gasteiger charge is -2.34. The predicted molar refractivity (Wildman–Crippen MR) is 75.0 cm³/mol. The lowest BCUT2D eigenvalue weighted by atomic mass is 10.0. The molecule has 0 radical (unpaired) electrons. The molecule has 1 N–H and O–H groups in total. The van der Waals surface area contributed by atoms with E-state index in [9.17, 15) is 9.59 Å². The van der Waals surface area contributed by atoms with E-state index in [2.05, 4.69) is 10.3 Å². The average molecular weight is 278 g/mol. The Hall–Kier alpha value is -1.85. The van der Waals surface area contributed by atoms with E-state index in [1.807, 2.05) is 17.7 Å². The van der Waals surface area contributed by atoms with Crippen LogP contribution in [-0.4, -0.2) is 45.9 Å². The number of rotatable bonds is 4. The third-order valence-corrected chi connectivity index (χ3v) is 3.80. The van der Waals surface area contributed by atoms with Crippen molar-refractivity contribution in [3.8, 4) is 0 Å². The Morgan fingerprint density at radius 2 is 2.25 bits per heavy atom. The number of amides is 2. The van der Waals surface area contributed by atoms with Crippen molar-refractivity contribution in [3.05, 3.63) is 18.2 Å². The van der Waals surface area contributed by atoms with Gasteiger partial charge in [-0.25, -0.2) is 4.98 Å². The summed E-state index contributed by atoms with van der Waals surface area (Å²) in [5, 5.41) is 2.65. The van der Waals surface area contributed by atoms with Crippen LogP contribution in [0, 0.1) is 0 Å². The molecule has 1 aromatic heterocycles. The number of hydrogen-bond donors (Lipinski definition) is 1. The number of piperidine rings is 1. The highest BCUT2D eigenvalue weighted by atomic mass is 16.2. The van der Waals surface area contributed by atoms with Crippen molar-refractivity contribution >= 4 is 11.8 Å². The fourth-order valence-corrected chi connectivity index (χ4v) is 2.70. The van der Waals surface area contributed by atoms with E-state index in [0.717, 1.165) is 31.5 Å². The van der Waals surface area contributed by atoms with Gasteiger partial charge in [-0.1, -0.05) is 6.92 Å². The summed E-state index contributed by atoms with van der Waals surface area (Å²) in [5.41, 5.74) is 0. The molecule has 0 spiro atoms. The van der Waals surface area contributed by atoms with Gasteiger partial charge in [0.05, 0.1) is 0 Å². The van der Waals surface area contributed by atoms with Crippen molar-refractivity contribution in [2.24, 2.45) is 0 Å². The Labute approximate surface area is 119 Å². The fraction of sp³-hybridized carbons (Fsp3) is 0.643. The predicted octanol–water partition coefficient (Wildman–Crippen LogP) is 0.573. The van der Waals surface area contributed by atoms with Gasteiger partial charge in [-0.15, -0.1) is 0 Å². The highest BCUT2D eigenvalue weighted by Crippen LogP contribution is 2.18. The second kappa shape index (κ2) is 6.54. The number of carbonyl (C=O) groups is 2. The molecule has 1 unspecified atom stereocenters. The summed E-state index contributed by atoms with van der Waals surface area (Å²) >= 11 is 0. The van der Waals surface area contributed by atoms with Crippen molar-refractivity contribution in [2.45, 2.75) is 45.2 Å². The number of imidazole rings is 1. The van der Waals surface area contributed by atoms with Crippen molar-refractivity contribution in [1.29, 1.82) is 0 Å². The Morgan fingerprint density at radius 1 is 1.45 bits per heavy atom. The second-order valence-corrected chi connectivity index (χ2v) is 5.04. The standard InChI is InChI=1S/C14H22N4O2/c1-3-12-16-7-9-17(12)10-13(19)18-8-5-4-6-11(18)14(20)15-2/h7,9,11H,3-6,8,10H2,1-2H3,(H,15,20). The number of nitrogens with one attached hydrogen (secondary N) is 1. The molecule has 6 heteroatoms. The monoisotopic (exact) mass is 278 g/mol. The van der Waals surface area contributed by atoms with Crippen LogP contribution in [0.1, 0.15) is 32.0 Å². The van der Waals surface area contributed by atoms with Crippen molar-refractivity contribution in [2.75, 3.05) is 13.6 Å². The van der Waals surface area contributed by atoms with Gasteiger partial charge in [0.2, 0.25) is 11.8 Å². The zero-order valence-electron chi connectivity index (χ0n) is 12.1. The van der Waals surface area contributed by atoms with Crippen LogP contribution in [0.25, 0.3) is 0 Å². The summed E-state index contributed by atoms with van der Waals surface area (Å²) < 4.78 is 1.86. The molecule has 110 valence electrons. The first-order chi connectivity index (χ1) is 9.67. The molecule has 1 aliphatic rings.